The van der Waals surface area contributed by atoms with Crippen molar-refractivity contribution in [3.05, 3.63) is 35.9 Å². The Morgan fingerprint density at radius 3 is 2.33 bits per heavy atom. The van der Waals surface area contributed by atoms with Crippen molar-refractivity contribution >= 4 is 23.5 Å². The van der Waals surface area contributed by atoms with Gasteiger partial charge in [0, 0.05) is 12.6 Å². The van der Waals surface area contributed by atoms with Gasteiger partial charge < -0.3 is 10.0 Å². The van der Waals surface area contributed by atoms with Crippen molar-refractivity contribution in [1.82, 2.24) is 4.90 Å². The van der Waals surface area contributed by atoms with Gasteiger partial charge in [-0.05, 0) is 12.1 Å². The van der Waals surface area contributed by atoms with Gasteiger partial charge >= 0.3 is 5.97 Å². The summed E-state index contributed by atoms with van der Waals surface area (Å²) in [5, 5.41) is 8.62. The van der Waals surface area contributed by atoms with Gasteiger partial charge in [0.1, 0.15) is 0 Å². The zero-order valence-corrected chi connectivity index (χ0v) is 8.81. The Morgan fingerprint density at radius 2 is 1.87 bits per heavy atom. The maximum Gasteiger partial charge on any atom is 0.342 e. The third kappa shape index (κ3) is 2.70. The maximum absolute atomic E-state index is 11.7. The Labute approximate surface area is 92.1 Å². The fraction of sp³-hybridized carbons (Fsp3) is 0.200. The molecule has 0 bridgehead atoms. The third-order valence-electron chi connectivity index (χ3n) is 1.88. The molecular weight excluding hydrogens is 218 g/mol. The summed E-state index contributed by atoms with van der Waals surface area (Å²) in [7, 11) is 1.35. The van der Waals surface area contributed by atoms with E-state index in [2.05, 4.69) is 0 Å². The number of alkyl halides is 1. The van der Waals surface area contributed by atoms with Crippen molar-refractivity contribution < 1.29 is 14.7 Å². The van der Waals surface area contributed by atoms with Gasteiger partial charge in [-0.15, -0.1) is 0 Å². The molecule has 1 rings (SSSR count). The van der Waals surface area contributed by atoms with Crippen LogP contribution in [0.2, 0.25) is 0 Å². The van der Waals surface area contributed by atoms with Crippen LogP contribution in [0.15, 0.2) is 30.3 Å². The van der Waals surface area contributed by atoms with Crippen LogP contribution in [-0.2, 0) is 4.79 Å². The second-order valence-electron chi connectivity index (χ2n) is 2.96. The number of carbonyl (C=O) groups excluding carboxylic acids is 1. The molecule has 0 spiro atoms. The molecule has 1 N–H and O–H groups in total. The maximum atomic E-state index is 11.7. The van der Waals surface area contributed by atoms with E-state index in [0.717, 1.165) is 4.90 Å². The standard InChI is InChI=1S/C10H10ClNO3/c1-12(8(11)10(14)15)9(13)7-5-3-2-4-6-7/h2-6,8H,1H3,(H,14,15). The van der Waals surface area contributed by atoms with Crippen LogP contribution >= 0.6 is 11.6 Å². The summed E-state index contributed by atoms with van der Waals surface area (Å²) in [5.41, 5.74) is -0.940. The molecule has 5 heteroatoms. The Morgan fingerprint density at radius 1 is 1.33 bits per heavy atom. The number of benzene rings is 1. The Bertz CT molecular complexity index is 366. The number of nitrogens with zero attached hydrogens (tertiary/aromatic N) is 1. The molecule has 0 saturated heterocycles. The van der Waals surface area contributed by atoms with Crippen molar-refractivity contribution in [2.75, 3.05) is 7.05 Å². The van der Waals surface area contributed by atoms with Crippen molar-refractivity contribution in [1.29, 1.82) is 0 Å². The Balaban J connectivity index is 2.82. The first-order valence-corrected chi connectivity index (χ1v) is 4.66. The lowest BCUT2D eigenvalue weighted by atomic mass is 10.2. The van der Waals surface area contributed by atoms with E-state index in [1.807, 2.05) is 0 Å². The monoisotopic (exact) mass is 227 g/mol. The molecular formula is C10H10ClNO3. The van der Waals surface area contributed by atoms with E-state index >= 15 is 0 Å². The molecule has 15 heavy (non-hydrogen) atoms. The molecule has 1 unspecified atom stereocenters. The van der Waals surface area contributed by atoms with E-state index < -0.39 is 17.4 Å². The lowest BCUT2D eigenvalue weighted by Gasteiger charge is -2.19. The lowest BCUT2D eigenvalue weighted by molar-refractivity contribution is -0.139. The number of likely N-dealkylation sites (N-methyl/N-ethyl adjacent to an activating group) is 1. The first-order valence-electron chi connectivity index (χ1n) is 4.23. The van der Waals surface area contributed by atoms with Crippen LogP contribution in [0.4, 0.5) is 0 Å². The number of carboxylic acid groups (broad SMARTS) is 1. The molecule has 0 aliphatic heterocycles. The number of aliphatic carboxylic acids is 1. The topological polar surface area (TPSA) is 57.6 Å². The minimum absolute atomic E-state index is 0.409. The number of amides is 1. The zero-order valence-electron chi connectivity index (χ0n) is 8.05. The molecule has 0 aliphatic carbocycles. The Kier molecular flexibility index (Phi) is 3.68. The quantitative estimate of drug-likeness (QED) is 0.628. The molecule has 1 atom stereocenters. The van der Waals surface area contributed by atoms with Gasteiger partial charge in [0.05, 0.1) is 0 Å². The fourth-order valence-corrected chi connectivity index (χ4v) is 1.14. The molecule has 1 aromatic rings. The smallest absolute Gasteiger partial charge is 0.342 e. The second-order valence-corrected chi connectivity index (χ2v) is 3.37. The number of carboxylic acids is 1. The van der Waals surface area contributed by atoms with Gasteiger partial charge in [-0.3, -0.25) is 4.79 Å². The van der Waals surface area contributed by atoms with Gasteiger partial charge in [-0.2, -0.15) is 0 Å². The highest BCUT2D eigenvalue weighted by atomic mass is 35.5. The normalized spacial score (nSPS) is 11.9. The van der Waals surface area contributed by atoms with Gasteiger partial charge in [0.15, 0.2) is 0 Å². The highest BCUT2D eigenvalue weighted by Gasteiger charge is 2.24. The van der Waals surface area contributed by atoms with Gasteiger partial charge in [-0.25, -0.2) is 4.79 Å². The summed E-state index contributed by atoms with van der Waals surface area (Å²) >= 11 is 5.52. The minimum atomic E-state index is -1.35. The minimum Gasteiger partial charge on any atom is -0.479 e. The van der Waals surface area contributed by atoms with Gasteiger partial charge in [0.2, 0.25) is 5.50 Å². The number of carbonyl (C=O) groups is 2. The van der Waals surface area contributed by atoms with Crippen LogP contribution in [0.3, 0.4) is 0 Å². The van der Waals surface area contributed by atoms with Crippen LogP contribution < -0.4 is 0 Å². The number of hydrogen-bond donors (Lipinski definition) is 1. The molecule has 80 valence electrons. The average molecular weight is 228 g/mol. The Hall–Kier alpha value is -1.55. The van der Waals surface area contributed by atoms with Gasteiger partial charge in [0.25, 0.3) is 5.91 Å². The molecule has 0 aliphatic rings. The molecule has 0 fully saturated rings. The van der Waals surface area contributed by atoms with E-state index in [9.17, 15) is 9.59 Å². The summed E-state index contributed by atoms with van der Waals surface area (Å²) in [5.74, 6) is -1.67. The molecule has 0 aromatic heterocycles. The summed E-state index contributed by atoms with van der Waals surface area (Å²) in [6.07, 6.45) is 0. The van der Waals surface area contributed by atoms with Crippen LogP contribution in [0, 0.1) is 0 Å². The van der Waals surface area contributed by atoms with E-state index in [-0.39, 0.29) is 0 Å². The highest BCUT2D eigenvalue weighted by molar-refractivity contribution is 6.30. The van der Waals surface area contributed by atoms with Crippen molar-refractivity contribution in [3.63, 3.8) is 0 Å². The summed E-state index contributed by atoms with van der Waals surface area (Å²) in [6.45, 7) is 0. The lowest BCUT2D eigenvalue weighted by Crippen LogP contribution is -2.38. The zero-order chi connectivity index (χ0) is 11.4. The number of hydrogen-bond acceptors (Lipinski definition) is 2. The van der Waals surface area contributed by atoms with Crippen LogP contribution in [-0.4, -0.2) is 34.4 Å². The van der Waals surface area contributed by atoms with Crippen LogP contribution in [0.5, 0.6) is 0 Å². The highest BCUT2D eigenvalue weighted by Crippen LogP contribution is 2.09. The molecule has 0 radical (unpaired) electrons. The van der Waals surface area contributed by atoms with E-state index in [1.165, 1.54) is 7.05 Å². The average Bonchev–Trinajstić information content (AvgIpc) is 2.27. The summed E-state index contributed by atoms with van der Waals surface area (Å²) < 4.78 is 0. The van der Waals surface area contributed by atoms with E-state index in [4.69, 9.17) is 16.7 Å². The second kappa shape index (κ2) is 4.79. The van der Waals surface area contributed by atoms with Crippen molar-refractivity contribution in [3.8, 4) is 0 Å². The molecule has 0 saturated carbocycles. The molecule has 1 aromatic carbocycles. The predicted octanol–water partition coefficient (Wildman–Crippen LogP) is 1.41. The number of rotatable bonds is 3. The molecule has 1 amide bonds. The first-order chi connectivity index (χ1) is 7.04. The summed E-state index contributed by atoms with van der Waals surface area (Å²) in [6, 6.07) is 8.37. The largest absolute Gasteiger partial charge is 0.479 e. The predicted molar refractivity (Wildman–Crippen MR) is 55.8 cm³/mol. The van der Waals surface area contributed by atoms with E-state index in [1.54, 1.807) is 30.3 Å². The van der Waals surface area contributed by atoms with Crippen LogP contribution in [0.25, 0.3) is 0 Å². The van der Waals surface area contributed by atoms with Gasteiger partial charge in [-0.1, -0.05) is 29.8 Å². The van der Waals surface area contributed by atoms with Crippen LogP contribution in [0.1, 0.15) is 10.4 Å². The van der Waals surface area contributed by atoms with Crippen molar-refractivity contribution in [2.45, 2.75) is 5.50 Å². The van der Waals surface area contributed by atoms with E-state index in [0.29, 0.717) is 5.56 Å². The third-order valence-corrected chi connectivity index (χ3v) is 2.36. The number of halogens is 1. The first kappa shape index (κ1) is 11.5. The molecule has 4 nitrogen and oxygen atoms in total. The molecule has 0 heterocycles. The summed E-state index contributed by atoms with van der Waals surface area (Å²) in [4.78, 5) is 23.2. The van der Waals surface area contributed by atoms with Crippen molar-refractivity contribution in [2.24, 2.45) is 0 Å². The SMILES string of the molecule is CN(C(=O)c1ccccc1)C(Cl)C(=O)O. The fourth-order valence-electron chi connectivity index (χ4n) is 1.05.